The van der Waals surface area contributed by atoms with E-state index >= 15 is 0 Å². The van der Waals surface area contributed by atoms with Gasteiger partial charge in [-0.2, -0.15) is 18.4 Å². The van der Waals surface area contributed by atoms with Crippen LogP contribution in [-0.4, -0.2) is 18.0 Å². The van der Waals surface area contributed by atoms with E-state index in [9.17, 15) is 13.2 Å². The van der Waals surface area contributed by atoms with Crippen LogP contribution in [0, 0.1) is 11.3 Å². The van der Waals surface area contributed by atoms with Crippen molar-refractivity contribution in [2.75, 3.05) is 13.1 Å². The number of alkyl halides is 3. The van der Waals surface area contributed by atoms with E-state index in [1.807, 2.05) is 17.9 Å². The smallest absolute Gasteiger partial charge is 0.298 e. The molecular formula is C13H15F3N2. The van der Waals surface area contributed by atoms with E-state index in [2.05, 4.69) is 0 Å². The van der Waals surface area contributed by atoms with E-state index in [4.69, 9.17) is 5.26 Å². The second kappa shape index (κ2) is 6.41. The Labute approximate surface area is 105 Å². The lowest BCUT2D eigenvalue weighted by molar-refractivity contribution is -0.137. The Kier molecular flexibility index (Phi) is 5.17. The number of halogens is 3. The van der Waals surface area contributed by atoms with Gasteiger partial charge in [-0.05, 0) is 18.2 Å². The summed E-state index contributed by atoms with van der Waals surface area (Å²) in [7, 11) is 0. The highest BCUT2D eigenvalue weighted by Crippen LogP contribution is 2.29. The first-order valence-corrected chi connectivity index (χ1v) is 5.72. The molecule has 0 aromatic heterocycles. The zero-order chi connectivity index (χ0) is 13.6. The van der Waals surface area contributed by atoms with Crippen molar-refractivity contribution in [1.82, 2.24) is 4.90 Å². The Morgan fingerprint density at radius 2 is 2.06 bits per heavy atom. The maximum atomic E-state index is 12.5. The molecule has 0 saturated heterocycles. The van der Waals surface area contributed by atoms with Gasteiger partial charge >= 0.3 is 6.18 Å². The van der Waals surface area contributed by atoms with Crippen molar-refractivity contribution in [2.45, 2.75) is 26.1 Å². The molecule has 0 unspecified atom stereocenters. The third-order valence-corrected chi connectivity index (χ3v) is 2.65. The molecule has 0 heterocycles. The molecule has 0 fully saturated rings. The number of nitriles is 1. The van der Waals surface area contributed by atoms with Crippen molar-refractivity contribution in [2.24, 2.45) is 0 Å². The molecule has 0 amide bonds. The van der Waals surface area contributed by atoms with Gasteiger partial charge in [0.2, 0.25) is 0 Å². The van der Waals surface area contributed by atoms with Gasteiger partial charge in [-0.25, -0.2) is 0 Å². The normalized spacial score (nSPS) is 11.6. The van der Waals surface area contributed by atoms with Crippen LogP contribution in [0.4, 0.5) is 13.2 Å². The lowest BCUT2D eigenvalue weighted by Crippen LogP contribution is -2.24. The summed E-state index contributed by atoms with van der Waals surface area (Å²) in [4.78, 5) is 1.94. The van der Waals surface area contributed by atoms with Crippen LogP contribution < -0.4 is 0 Å². The molecule has 98 valence electrons. The van der Waals surface area contributed by atoms with Crippen molar-refractivity contribution in [3.05, 3.63) is 35.4 Å². The molecule has 0 aliphatic rings. The van der Waals surface area contributed by atoms with E-state index in [1.54, 1.807) is 6.07 Å². The van der Waals surface area contributed by atoms with Crippen molar-refractivity contribution in [3.63, 3.8) is 0 Å². The van der Waals surface area contributed by atoms with Crippen LogP contribution in [0.1, 0.15) is 24.5 Å². The van der Waals surface area contributed by atoms with Crippen LogP contribution in [0.5, 0.6) is 0 Å². The average Bonchev–Trinajstić information content (AvgIpc) is 2.33. The van der Waals surface area contributed by atoms with Crippen molar-refractivity contribution in [3.8, 4) is 6.07 Å². The average molecular weight is 256 g/mol. The standard InChI is InChI=1S/C13H15F3N2/c1-2-18(8-4-7-17)10-11-5-3-6-12(9-11)13(14,15)16/h3,5-6,9H,2,4,8,10H2,1H3. The van der Waals surface area contributed by atoms with Crippen molar-refractivity contribution >= 4 is 0 Å². The fraction of sp³-hybridized carbons (Fsp3) is 0.462. The van der Waals surface area contributed by atoms with E-state index in [0.717, 1.165) is 12.1 Å². The number of rotatable bonds is 5. The molecule has 0 aliphatic carbocycles. The molecular weight excluding hydrogens is 241 g/mol. The minimum absolute atomic E-state index is 0.382. The lowest BCUT2D eigenvalue weighted by Gasteiger charge is -2.19. The fourth-order valence-electron chi connectivity index (χ4n) is 1.66. The van der Waals surface area contributed by atoms with Crippen LogP contribution >= 0.6 is 0 Å². The molecule has 0 aliphatic heterocycles. The molecule has 5 heteroatoms. The molecule has 0 spiro atoms. The Balaban J connectivity index is 2.75. The zero-order valence-electron chi connectivity index (χ0n) is 10.2. The van der Waals surface area contributed by atoms with Gasteiger partial charge in [0.1, 0.15) is 0 Å². The molecule has 1 rings (SSSR count). The first-order chi connectivity index (χ1) is 8.47. The van der Waals surface area contributed by atoms with Gasteiger partial charge in [-0.15, -0.1) is 0 Å². The van der Waals surface area contributed by atoms with E-state index in [-0.39, 0.29) is 0 Å². The van der Waals surface area contributed by atoms with Gasteiger partial charge in [0.25, 0.3) is 0 Å². The monoisotopic (exact) mass is 256 g/mol. The van der Waals surface area contributed by atoms with Crippen LogP contribution in [-0.2, 0) is 12.7 Å². The lowest BCUT2D eigenvalue weighted by atomic mass is 10.1. The minimum Gasteiger partial charge on any atom is -0.298 e. The maximum absolute atomic E-state index is 12.5. The van der Waals surface area contributed by atoms with Crippen molar-refractivity contribution < 1.29 is 13.2 Å². The summed E-state index contributed by atoms with van der Waals surface area (Å²) in [6, 6.07) is 7.34. The second-order valence-electron chi connectivity index (χ2n) is 3.98. The molecule has 0 bridgehead atoms. The Bertz CT molecular complexity index is 421. The predicted octanol–water partition coefficient (Wildman–Crippen LogP) is 3.44. The van der Waals surface area contributed by atoms with Crippen molar-refractivity contribution in [1.29, 1.82) is 5.26 Å². The van der Waals surface area contributed by atoms with Crippen LogP contribution in [0.3, 0.4) is 0 Å². The molecule has 0 N–H and O–H groups in total. The number of benzene rings is 1. The summed E-state index contributed by atoms with van der Waals surface area (Å²) in [5.41, 5.74) is -0.0130. The zero-order valence-corrected chi connectivity index (χ0v) is 10.2. The molecule has 18 heavy (non-hydrogen) atoms. The third-order valence-electron chi connectivity index (χ3n) is 2.65. The molecule has 0 saturated carbocycles. The van der Waals surface area contributed by atoms with Crippen LogP contribution in [0.15, 0.2) is 24.3 Å². The van der Waals surface area contributed by atoms with Gasteiger partial charge in [0, 0.05) is 19.5 Å². The first kappa shape index (κ1) is 14.5. The molecule has 0 radical (unpaired) electrons. The highest BCUT2D eigenvalue weighted by Gasteiger charge is 2.30. The third kappa shape index (κ3) is 4.38. The van der Waals surface area contributed by atoms with Gasteiger partial charge in [-0.1, -0.05) is 25.1 Å². The Morgan fingerprint density at radius 1 is 1.33 bits per heavy atom. The summed E-state index contributed by atoms with van der Waals surface area (Å²) in [5.74, 6) is 0. The molecule has 2 nitrogen and oxygen atoms in total. The summed E-state index contributed by atoms with van der Waals surface area (Å²) in [6.45, 7) is 3.63. The van der Waals surface area contributed by atoms with E-state index in [0.29, 0.717) is 31.6 Å². The Morgan fingerprint density at radius 3 is 2.61 bits per heavy atom. The van der Waals surface area contributed by atoms with Gasteiger partial charge in [-0.3, -0.25) is 4.90 Å². The van der Waals surface area contributed by atoms with Gasteiger partial charge < -0.3 is 0 Å². The molecule has 1 aromatic carbocycles. The summed E-state index contributed by atoms with van der Waals surface area (Å²) < 4.78 is 37.6. The summed E-state index contributed by atoms with van der Waals surface area (Å²) >= 11 is 0. The van der Waals surface area contributed by atoms with Gasteiger partial charge in [0.15, 0.2) is 0 Å². The maximum Gasteiger partial charge on any atom is 0.416 e. The van der Waals surface area contributed by atoms with Crippen LogP contribution in [0.2, 0.25) is 0 Å². The first-order valence-electron chi connectivity index (χ1n) is 5.72. The number of hydrogen-bond acceptors (Lipinski definition) is 2. The van der Waals surface area contributed by atoms with E-state index < -0.39 is 11.7 Å². The van der Waals surface area contributed by atoms with Gasteiger partial charge in [0.05, 0.1) is 11.6 Å². The molecule has 0 atom stereocenters. The fourth-order valence-corrected chi connectivity index (χ4v) is 1.66. The Hall–Kier alpha value is -1.54. The predicted molar refractivity (Wildman–Crippen MR) is 62.6 cm³/mol. The van der Waals surface area contributed by atoms with Crippen LogP contribution in [0.25, 0.3) is 0 Å². The number of nitrogens with zero attached hydrogens (tertiary/aromatic N) is 2. The highest BCUT2D eigenvalue weighted by molar-refractivity contribution is 5.25. The number of hydrogen-bond donors (Lipinski definition) is 0. The molecule has 1 aromatic rings. The summed E-state index contributed by atoms with van der Waals surface area (Å²) in [6.07, 6.45) is -3.92. The summed E-state index contributed by atoms with van der Waals surface area (Å²) in [5, 5.41) is 8.50. The largest absolute Gasteiger partial charge is 0.416 e. The minimum atomic E-state index is -4.31. The second-order valence-corrected chi connectivity index (χ2v) is 3.98. The quantitative estimate of drug-likeness (QED) is 0.806. The van der Waals surface area contributed by atoms with E-state index in [1.165, 1.54) is 6.07 Å². The highest BCUT2D eigenvalue weighted by atomic mass is 19.4. The topological polar surface area (TPSA) is 27.0 Å². The SMILES string of the molecule is CCN(CCC#N)Cc1cccc(C(F)(F)F)c1.